The van der Waals surface area contributed by atoms with Crippen molar-refractivity contribution in [3.05, 3.63) is 114 Å². The topological polar surface area (TPSA) is 127 Å². The molecule has 2 saturated carbocycles. The van der Waals surface area contributed by atoms with Crippen LogP contribution in [0.1, 0.15) is 124 Å². The van der Waals surface area contributed by atoms with E-state index in [0.29, 0.717) is 67.6 Å². The van der Waals surface area contributed by atoms with E-state index in [1.165, 1.54) is 25.7 Å². The van der Waals surface area contributed by atoms with Crippen LogP contribution < -0.4 is 9.47 Å². The molecule has 3 aliphatic carbocycles. The van der Waals surface area contributed by atoms with Gasteiger partial charge in [-0.15, -0.1) is 6.58 Å². The Bertz CT molecular complexity index is 2010. The van der Waals surface area contributed by atoms with Crippen LogP contribution >= 0.6 is 0 Å². The lowest BCUT2D eigenvalue weighted by atomic mass is 9.55. The monoisotopic (exact) mass is 846 g/mol. The molecule has 1 aliphatic heterocycles. The molecule has 6 atom stereocenters. The molecule has 7 rings (SSSR count). The third-order valence-electron chi connectivity index (χ3n) is 13.5. The zero-order valence-corrected chi connectivity index (χ0v) is 36.5. The number of nitrogens with zero attached hydrogens (tertiary/aromatic N) is 2. The van der Waals surface area contributed by atoms with Crippen molar-refractivity contribution in [3.63, 3.8) is 0 Å². The second-order valence-electron chi connectivity index (χ2n) is 17.6. The molecule has 332 valence electrons. The predicted octanol–water partition coefficient (Wildman–Crippen LogP) is 10.3. The van der Waals surface area contributed by atoms with Crippen molar-refractivity contribution in [3.8, 4) is 17.2 Å². The summed E-state index contributed by atoms with van der Waals surface area (Å²) in [6.45, 7) is 7.45. The molecular weight excluding hydrogens is 781 g/mol. The van der Waals surface area contributed by atoms with E-state index >= 15 is 0 Å². The molecule has 1 amide bonds. The van der Waals surface area contributed by atoms with Gasteiger partial charge in [0, 0.05) is 49.6 Å². The van der Waals surface area contributed by atoms with Crippen LogP contribution in [-0.2, 0) is 21.0 Å². The fraction of sp³-hybridized carbons (Fsp3) is 0.519. The first-order valence-electron chi connectivity index (χ1n) is 23.2. The Morgan fingerprint density at radius 1 is 0.952 bits per heavy atom. The number of fused-ring (bicyclic) bond motifs is 2. The number of hydrogen-bond acceptors (Lipinski definition) is 9. The van der Waals surface area contributed by atoms with Crippen LogP contribution in [0.3, 0.4) is 0 Å². The van der Waals surface area contributed by atoms with Crippen molar-refractivity contribution < 1.29 is 38.9 Å². The largest absolute Gasteiger partial charge is 0.459 e. The van der Waals surface area contributed by atoms with E-state index in [2.05, 4.69) is 25.6 Å². The van der Waals surface area contributed by atoms with Gasteiger partial charge >= 0.3 is 0 Å². The van der Waals surface area contributed by atoms with Crippen LogP contribution in [0.15, 0.2) is 102 Å². The highest BCUT2D eigenvalue weighted by Crippen LogP contribution is 2.62. The minimum Gasteiger partial charge on any atom is -0.459 e. The number of unbranched alkanes of at least 4 members (excludes halogenated alkanes) is 2. The molecule has 2 N–H and O–H groups in total. The van der Waals surface area contributed by atoms with Gasteiger partial charge in [-0.25, -0.2) is 0 Å². The molecule has 3 aromatic rings. The van der Waals surface area contributed by atoms with Gasteiger partial charge in [-0.3, -0.25) is 9.59 Å². The molecule has 0 saturated heterocycles. The molecule has 10 heteroatoms. The SMILES string of the molecule is C=CCOC12Oc3ccc(Oc4cccc(C=O)c4)cc3C3C(CCCCO)C(CCCCO)C=C(C(=NOCc4ccccc4)CC1N(CCC)C(=O)CCC1CCCC1)C32. The first-order chi connectivity index (χ1) is 30.4. The van der Waals surface area contributed by atoms with E-state index in [1.807, 2.05) is 53.4 Å². The van der Waals surface area contributed by atoms with Gasteiger partial charge in [0.2, 0.25) is 11.7 Å². The maximum atomic E-state index is 14.8. The minimum atomic E-state index is -1.31. The number of oxime groups is 1. The quantitative estimate of drug-likeness (QED) is 0.0418. The van der Waals surface area contributed by atoms with Gasteiger partial charge in [-0.2, -0.15) is 0 Å². The van der Waals surface area contributed by atoms with Crippen LogP contribution in [0.4, 0.5) is 0 Å². The third kappa shape index (κ3) is 10.4. The molecule has 6 unspecified atom stereocenters. The maximum Gasteiger partial charge on any atom is 0.239 e. The number of aliphatic hydroxyl groups excluding tert-OH is 2. The average molecular weight is 847 g/mol. The van der Waals surface area contributed by atoms with Gasteiger partial charge < -0.3 is 34.2 Å². The van der Waals surface area contributed by atoms with Gasteiger partial charge in [0.15, 0.2) is 0 Å². The average Bonchev–Trinajstić information content (AvgIpc) is 3.83. The Balaban J connectivity index is 1.40. The Kier molecular flexibility index (Phi) is 16.1. The summed E-state index contributed by atoms with van der Waals surface area (Å²) in [5.41, 5.74) is 4.29. The number of hydrogen-bond donors (Lipinski definition) is 2. The maximum absolute atomic E-state index is 14.8. The van der Waals surface area contributed by atoms with Crippen LogP contribution in [-0.4, -0.2) is 71.2 Å². The van der Waals surface area contributed by atoms with Gasteiger partial charge in [-0.1, -0.05) is 105 Å². The highest BCUT2D eigenvalue weighted by Gasteiger charge is 2.65. The van der Waals surface area contributed by atoms with Crippen LogP contribution in [0.25, 0.3) is 0 Å². The summed E-state index contributed by atoms with van der Waals surface area (Å²) in [6.07, 6.45) is 16.9. The van der Waals surface area contributed by atoms with Gasteiger partial charge in [-0.05, 0) is 97.7 Å². The second kappa shape index (κ2) is 22.0. The second-order valence-corrected chi connectivity index (χ2v) is 17.6. The van der Waals surface area contributed by atoms with E-state index < -0.39 is 17.7 Å². The Hall–Kier alpha value is -4.77. The number of amides is 1. The number of ether oxygens (including phenoxy) is 3. The van der Waals surface area contributed by atoms with Crippen molar-refractivity contribution in [2.45, 2.75) is 121 Å². The number of aldehydes is 1. The molecule has 0 bridgehead atoms. The van der Waals surface area contributed by atoms with E-state index in [9.17, 15) is 19.8 Å². The van der Waals surface area contributed by atoms with Gasteiger partial charge in [0.25, 0.3) is 0 Å². The Morgan fingerprint density at radius 3 is 2.47 bits per heavy atom. The predicted molar refractivity (Wildman–Crippen MR) is 241 cm³/mol. The first-order valence-corrected chi connectivity index (χ1v) is 23.2. The lowest BCUT2D eigenvalue weighted by Crippen LogP contribution is -2.70. The van der Waals surface area contributed by atoms with E-state index in [0.717, 1.165) is 67.2 Å². The fourth-order valence-electron chi connectivity index (χ4n) is 10.7. The molecule has 4 aliphatic rings. The summed E-state index contributed by atoms with van der Waals surface area (Å²) in [7, 11) is 0. The summed E-state index contributed by atoms with van der Waals surface area (Å²) in [5, 5.41) is 24.9. The summed E-state index contributed by atoms with van der Waals surface area (Å²) < 4.78 is 21.1. The number of allylic oxidation sites excluding steroid dienone is 1. The van der Waals surface area contributed by atoms with Crippen molar-refractivity contribution in [2.75, 3.05) is 26.4 Å². The lowest BCUT2D eigenvalue weighted by molar-refractivity contribution is -0.257. The fourth-order valence-corrected chi connectivity index (χ4v) is 10.7. The summed E-state index contributed by atoms with van der Waals surface area (Å²) in [4.78, 5) is 34.8. The number of carbonyl (C=O) groups is 2. The standard InChI is InChI=1S/C52H66N2O8/c1-3-27-54(49(58)26-23-37-15-8-9-16-37)48-34-46(53-60-36-38-17-6-5-7-18-38)44-32-40(20-10-12-28-55)43(22-11-13-29-56)50-45-33-42(61-41-21-14-19-39(31-41)35-57)24-25-47(45)62-52(48,51(44)50)59-30-4-2/h4-7,14,17-19,21,24-25,31-33,35,37,40,43,48,50-51,55-56H,2-3,8-13,15-16,20,22-23,26-30,34,36H2,1H3. The molecule has 3 aromatic carbocycles. The zero-order valence-electron chi connectivity index (χ0n) is 36.5. The summed E-state index contributed by atoms with van der Waals surface area (Å²) in [6, 6.07) is 22.5. The smallest absolute Gasteiger partial charge is 0.239 e. The molecule has 62 heavy (non-hydrogen) atoms. The Morgan fingerprint density at radius 2 is 1.73 bits per heavy atom. The van der Waals surface area contributed by atoms with E-state index in [-0.39, 0.29) is 43.5 Å². The first kappa shape index (κ1) is 45.3. The van der Waals surface area contributed by atoms with Crippen LogP contribution in [0.5, 0.6) is 17.2 Å². The van der Waals surface area contributed by atoms with Gasteiger partial charge in [0.05, 0.1) is 18.2 Å². The number of benzene rings is 3. The highest BCUT2D eigenvalue weighted by molar-refractivity contribution is 6.03. The van der Waals surface area contributed by atoms with Gasteiger partial charge in [0.1, 0.15) is 36.2 Å². The number of carbonyl (C=O) groups excluding carboxylic acids is 2. The van der Waals surface area contributed by atoms with Crippen LogP contribution in [0.2, 0.25) is 0 Å². The Labute approximate surface area is 368 Å². The third-order valence-corrected chi connectivity index (χ3v) is 13.5. The van der Waals surface area contributed by atoms with Crippen molar-refractivity contribution in [1.29, 1.82) is 0 Å². The summed E-state index contributed by atoms with van der Waals surface area (Å²) >= 11 is 0. The van der Waals surface area contributed by atoms with Crippen molar-refractivity contribution in [2.24, 2.45) is 28.8 Å². The minimum absolute atomic E-state index is 0.0833. The molecule has 0 aromatic heterocycles. The highest BCUT2D eigenvalue weighted by atomic mass is 16.7. The van der Waals surface area contributed by atoms with Crippen LogP contribution in [0, 0.1) is 23.7 Å². The van der Waals surface area contributed by atoms with Crippen molar-refractivity contribution in [1.82, 2.24) is 4.90 Å². The summed E-state index contributed by atoms with van der Waals surface area (Å²) in [5.74, 6) is 0.803. The molecular formula is C52H66N2O8. The lowest BCUT2D eigenvalue weighted by Gasteiger charge is -2.60. The molecule has 2 fully saturated rings. The molecule has 1 heterocycles. The molecule has 10 nitrogen and oxygen atoms in total. The van der Waals surface area contributed by atoms with Crippen molar-refractivity contribution >= 4 is 17.9 Å². The zero-order chi connectivity index (χ0) is 43.3. The number of aliphatic hydroxyl groups is 2. The normalized spacial score (nSPS) is 24.7. The van der Waals surface area contributed by atoms with E-state index in [1.54, 1.807) is 24.3 Å². The number of rotatable bonds is 23. The van der Waals surface area contributed by atoms with E-state index in [4.69, 9.17) is 24.2 Å². The molecule has 0 radical (unpaired) electrons. The molecule has 0 spiro atoms.